The average molecular weight is 315 g/mol. The molecule has 0 unspecified atom stereocenters. The third kappa shape index (κ3) is 3.98. The number of benzene rings is 1. The molecule has 0 saturated carbocycles. The highest BCUT2D eigenvalue weighted by molar-refractivity contribution is 5.91. The summed E-state index contributed by atoms with van der Waals surface area (Å²) in [5, 5.41) is 3.42. The molecular weight excluding hydrogens is 290 g/mol. The lowest BCUT2D eigenvalue weighted by atomic mass is 9.97. The highest BCUT2D eigenvalue weighted by atomic mass is 16.1. The van der Waals surface area contributed by atoms with Gasteiger partial charge in [-0.3, -0.25) is 14.5 Å². The molecule has 0 spiro atoms. The summed E-state index contributed by atoms with van der Waals surface area (Å²) in [6, 6.07) is 5.52. The number of nitrogens with one attached hydrogen (secondary N) is 1. The topological polar surface area (TPSA) is 52.7 Å². The first-order valence-corrected chi connectivity index (χ1v) is 8.52. The van der Waals surface area contributed by atoms with Gasteiger partial charge in [-0.25, -0.2) is 0 Å². The Labute approximate surface area is 137 Å². The fraction of sp³-hybridized carbons (Fsp3) is 0.556. The van der Waals surface area contributed by atoms with Gasteiger partial charge in [0, 0.05) is 49.5 Å². The van der Waals surface area contributed by atoms with Gasteiger partial charge in [-0.2, -0.15) is 0 Å². The molecule has 5 nitrogen and oxygen atoms in total. The first-order valence-electron chi connectivity index (χ1n) is 8.52. The maximum Gasteiger partial charge on any atom is 0.150 e. The fourth-order valence-electron chi connectivity index (χ4n) is 3.59. The van der Waals surface area contributed by atoms with E-state index in [9.17, 15) is 9.59 Å². The maximum absolute atomic E-state index is 11.1. The largest absolute Gasteiger partial charge is 0.369 e. The summed E-state index contributed by atoms with van der Waals surface area (Å²) in [4.78, 5) is 26.9. The lowest BCUT2D eigenvalue weighted by Crippen LogP contribution is -2.48. The van der Waals surface area contributed by atoms with Crippen molar-refractivity contribution in [3.8, 4) is 0 Å². The van der Waals surface area contributed by atoms with Gasteiger partial charge in [0.05, 0.1) is 0 Å². The van der Waals surface area contributed by atoms with Crippen LogP contribution in [-0.4, -0.2) is 63.3 Å². The highest BCUT2D eigenvalue weighted by Crippen LogP contribution is 2.21. The summed E-state index contributed by atoms with van der Waals surface area (Å²) in [5.74, 6) is 0.830. The molecule has 2 fully saturated rings. The zero-order valence-electron chi connectivity index (χ0n) is 13.5. The third-order valence-corrected chi connectivity index (χ3v) is 5.04. The van der Waals surface area contributed by atoms with Crippen molar-refractivity contribution in [2.24, 2.45) is 5.92 Å². The summed E-state index contributed by atoms with van der Waals surface area (Å²) in [6.07, 6.45) is 4.08. The third-order valence-electron chi connectivity index (χ3n) is 5.04. The van der Waals surface area contributed by atoms with Gasteiger partial charge >= 0.3 is 0 Å². The molecule has 0 atom stereocenters. The van der Waals surface area contributed by atoms with Crippen molar-refractivity contribution in [3.63, 3.8) is 0 Å². The average Bonchev–Trinajstić information content (AvgIpc) is 2.62. The number of nitrogens with zero attached hydrogens (tertiary/aromatic N) is 2. The van der Waals surface area contributed by atoms with E-state index < -0.39 is 0 Å². The number of aldehydes is 2. The van der Waals surface area contributed by atoms with Crippen LogP contribution in [0.25, 0.3) is 0 Å². The van der Waals surface area contributed by atoms with Crippen molar-refractivity contribution in [3.05, 3.63) is 29.3 Å². The van der Waals surface area contributed by atoms with Crippen molar-refractivity contribution < 1.29 is 9.59 Å². The molecule has 0 aromatic heterocycles. The summed E-state index contributed by atoms with van der Waals surface area (Å²) in [6.45, 7) is 7.60. The van der Waals surface area contributed by atoms with E-state index in [-0.39, 0.29) is 0 Å². The molecule has 2 aliphatic heterocycles. The summed E-state index contributed by atoms with van der Waals surface area (Å²) in [7, 11) is 0. The number of hydrogen-bond donors (Lipinski definition) is 1. The number of carbonyl (C=O) groups excluding carboxylic acids is 2. The molecule has 1 aromatic carbocycles. The van der Waals surface area contributed by atoms with Crippen molar-refractivity contribution in [2.75, 3.05) is 50.7 Å². The van der Waals surface area contributed by atoms with Gasteiger partial charge < -0.3 is 10.2 Å². The van der Waals surface area contributed by atoms with E-state index in [1.807, 2.05) is 12.1 Å². The van der Waals surface area contributed by atoms with E-state index in [0.717, 1.165) is 63.4 Å². The Balaban J connectivity index is 1.56. The van der Waals surface area contributed by atoms with Gasteiger partial charge in [-0.15, -0.1) is 0 Å². The van der Waals surface area contributed by atoms with Gasteiger partial charge in [0.2, 0.25) is 0 Å². The summed E-state index contributed by atoms with van der Waals surface area (Å²) >= 11 is 0. The van der Waals surface area contributed by atoms with E-state index in [0.29, 0.717) is 11.1 Å². The smallest absolute Gasteiger partial charge is 0.150 e. The van der Waals surface area contributed by atoms with Crippen molar-refractivity contribution in [1.82, 2.24) is 10.2 Å². The van der Waals surface area contributed by atoms with Crippen LogP contribution in [0.2, 0.25) is 0 Å². The Bertz CT molecular complexity index is 547. The van der Waals surface area contributed by atoms with E-state index in [1.165, 1.54) is 19.4 Å². The lowest BCUT2D eigenvalue weighted by Gasteiger charge is -2.38. The quantitative estimate of drug-likeness (QED) is 0.833. The van der Waals surface area contributed by atoms with Gasteiger partial charge in [0.1, 0.15) is 0 Å². The second-order valence-electron chi connectivity index (χ2n) is 6.53. The van der Waals surface area contributed by atoms with Crippen LogP contribution in [0.4, 0.5) is 5.69 Å². The Morgan fingerprint density at radius 2 is 1.70 bits per heavy atom. The number of rotatable bonds is 5. The molecule has 0 aliphatic carbocycles. The molecule has 3 rings (SSSR count). The van der Waals surface area contributed by atoms with Crippen LogP contribution in [0.3, 0.4) is 0 Å². The Kier molecular flexibility index (Phi) is 5.41. The second-order valence-corrected chi connectivity index (χ2v) is 6.53. The minimum absolute atomic E-state index is 0.466. The Hall–Kier alpha value is -1.72. The number of anilines is 1. The molecule has 2 heterocycles. The monoisotopic (exact) mass is 315 g/mol. The fourth-order valence-corrected chi connectivity index (χ4v) is 3.59. The predicted octanol–water partition coefficient (Wildman–Crippen LogP) is 1.43. The summed E-state index contributed by atoms with van der Waals surface area (Å²) < 4.78 is 0. The minimum atomic E-state index is 0.466. The standard InChI is InChI=1S/C18H25N3O2/c22-13-16-1-2-18(11-17(16)14-23)21-9-7-20(8-10-21)12-15-3-5-19-6-4-15/h1-2,11,13-15,19H,3-10,12H2. The van der Waals surface area contributed by atoms with E-state index in [4.69, 9.17) is 0 Å². The van der Waals surface area contributed by atoms with Crippen LogP contribution in [0, 0.1) is 5.92 Å². The molecule has 1 aromatic rings. The van der Waals surface area contributed by atoms with Crippen LogP contribution >= 0.6 is 0 Å². The SMILES string of the molecule is O=Cc1ccc(N2CCN(CC3CCNCC3)CC2)cc1C=O. The number of hydrogen-bond acceptors (Lipinski definition) is 5. The second kappa shape index (κ2) is 7.70. The summed E-state index contributed by atoms with van der Waals surface area (Å²) in [5.41, 5.74) is 1.99. The van der Waals surface area contributed by atoms with Gasteiger partial charge in [-0.1, -0.05) is 0 Å². The Morgan fingerprint density at radius 1 is 1.00 bits per heavy atom. The maximum atomic E-state index is 11.1. The minimum Gasteiger partial charge on any atom is -0.369 e. The normalized spacial score (nSPS) is 20.4. The number of carbonyl (C=O) groups is 2. The van der Waals surface area contributed by atoms with Gasteiger partial charge in [-0.05, 0) is 50.0 Å². The first kappa shape index (κ1) is 16.1. The predicted molar refractivity (Wildman–Crippen MR) is 91.5 cm³/mol. The molecule has 124 valence electrons. The molecule has 23 heavy (non-hydrogen) atoms. The lowest BCUT2D eigenvalue weighted by molar-refractivity contribution is 0.109. The molecule has 0 radical (unpaired) electrons. The van der Waals surface area contributed by atoms with E-state index in [2.05, 4.69) is 15.1 Å². The highest BCUT2D eigenvalue weighted by Gasteiger charge is 2.21. The van der Waals surface area contributed by atoms with Crippen LogP contribution < -0.4 is 10.2 Å². The van der Waals surface area contributed by atoms with Crippen LogP contribution in [0.1, 0.15) is 33.6 Å². The molecule has 2 aliphatic rings. The molecule has 1 N–H and O–H groups in total. The van der Waals surface area contributed by atoms with Crippen LogP contribution in [0.5, 0.6) is 0 Å². The molecular formula is C18H25N3O2. The van der Waals surface area contributed by atoms with E-state index in [1.54, 1.807) is 6.07 Å². The molecule has 2 saturated heterocycles. The van der Waals surface area contributed by atoms with Crippen molar-refractivity contribution >= 4 is 18.3 Å². The van der Waals surface area contributed by atoms with Gasteiger partial charge in [0.25, 0.3) is 0 Å². The molecule has 5 heteroatoms. The number of piperidine rings is 1. The van der Waals surface area contributed by atoms with Crippen LogP contribution in [0.15, 0.2) is 18.2 Å². The zero-order valence-corrected chi connectivity index (χ0v) is 13.5. The van der Waals surface area contributed by atoms with Crippen molar-refractivity contribution in [1.29, 1.82) is 0 Å². The van der Waals surface area contributed by atoms with E-state index >= 15 is 0 Å². The molecule has 0 bridgehead atoms. The number of piperazine rings is 1. The van der Waals surface area contributed by atoms with Crippen molar-refractivity contribution in [2.45, 2.75) is 12.8 Å². The molecule has 0 amide bonds. The van der Waals surface area contributed by atoms with Gasteiger partial charge in [0.15, 0.2) is 12.6 Å². The Morgan fingerprint density at radius 3 is 2.35 bits per heavy atom. The first-order chi connectivity index (χ1) is 11.3. The zero-order chi connectivity index (χ0) is 16.1. The van der Waals surface area contributed by atoms with Crippen LogP contribution in [-0.2, 0) is 0 Å².